The van der Waals surface area contributed by atoms with Crippen molar-refractivity contribution in [3.8, 4) is 5.75 Å². The SMILES string of the molecule is CC(C)Oc1ccc(C(=O)N2CCN(C(=O)c3ccccn3)CC2)cc1F. The molecule has 0 radical (unpaired) electrons. The molecule has 1 saturated heterocycles. The quantitative estimate of drug-likeness (QED) is 0.829. The number of nitrogens with zero attached hydrogens (tertiary/aromatic N) is 3. The summed E-state index contributed by atoms with van der Waals surface area (Å²) in [7, 11) is 0. The molecule has 6 nitrogen and oxygen atoms in total. The van der Waals surface area contributed by atoms with E-state index < -0.39 is 5.82 Å². The van der Waals surface area contributed by atoms with E-state index >= 15 is 0 Å². The topological polar surface area (TPSA) is 62.7 Å². The number of hydrogen-bond acceptors (Lipinski definition) is 4. The average molecular weight is 371 g/mol. The molecule has 142 valence electrons. The number of hydrogen-bond donors (Lipinski definition) is 0. The molecule has 7 heteroatoms. The molecule has 3 rings (SSSR count). The first kappa shape index (κ1) is 18.8. The lowest BCUT2D eigenvalue weighted by Gasteiger charge is -2.34. The second kappa shape index (κ2) is 8.16. The molecule has 0 aliphatic carbocycles. The van der Waals surface area contributed by atoms with Gasteiger partial charge < -0.3 is 14.5 Å². The van der Waals surface area contributed by atoms with Gasteiger partial charge in [0.05, 0.1) is 6.10 Å². The second-order valence-electron chi connectivity index (χ2n) is 6.61. The summed E-state index contributed by atoms with van der Waals surface area (Å²) in [6.45, 7) is 5.23. The number of carbonyl (C=O) groups is 2. The van der Waals surface area contributed by atoms with E-state index in [2.05, 4.69) is 4.98 Å². The highest BCUT2D eigenvalue weighted by Crippen LogP contribution is 2.21. The molecule has 1 aliphatic rings. The van der Waals surface area contributed by atoms with Crippen LogP contribution in [0, 0.1) is 5.82 Å². The Balaban J connectivity index is 1.61. The smallest absolute Gasteiger partial charge is 0.272 e. The van der Waals surface area contributed by atoms with Crippen molar-refractivity contribution in [1.82, 2.24) is 14.8 Å². The Labute approximate surface area is 157 Å². The van der Waals surface area contributed by atoms with Gasteiger partial charge in [-0.3, -0.25) is 14.6 Å². The molecule has 2 amide bonds. The van der Waals surface area contributed by atoms with Crippen LogP contribution in [0.4, 0.5) is 4.39 Å². The van der Waals surface area contributed by atoms with Gasteiger partial charge in [0.15, 0.2) is 11.6 Å². The Morgan fingerprint density at radius 3 is 2.26 bits per heavy atom. The minimum Gasteiger partial charge on any atom is -0.488 e. The first-order chi connectivity index (χ1) is 13.0. The number of carbonyl (C=O) groups excluding carboxylic acids is 2. The Morgan fingerprint density at radius 1 is 1.04 bits per heavy atom. The van der Waals surface area contributed by atoms with E-state index in [0.717, 1.165) is 0 Å². The van der Waals surface area contributed by atoms with E-state index in [1.54, 1.807) is 40.3 Å². The van der Waals surface area contributed by atoms with E-state index in [9.17, 15) is 14.0 Å². The van der Waals surface area contributed by atoms with Crippen LogP contribution in [0.25, 0.3) is 0 Å². The Hall–Kier alpha value is -2.96. The van der Waals surface area contributed by atoms with Gasteiger partial charge in [0.25, 0.3) is 11.8 Å². The van der Waals surface area contributed by atoms with Crippen LogP contribution in [0.3, 0.4) is 0 Å². The fourth-order valence-electron chi connectivity index (χ4n) is 2.93. The minimum atomic E-state index is -0.557. The van der Waals surface area contributed by atoms with Crippen molar-refractivity contribution in [2.45, 2.75) is 20.0 Å². The van der Waals surface area contributed by atoms with E-state index in [1.165, 1.54) is 12.1 Å². The zero-order valence-electron chi connectivity index (χ0n) is 15.4. The van der Waals surface area contributed by atoms with Gasteiger partial charge >= 0.3 is 0 Å². The predicted molar refractivity (Wildman–Crippen MR) is 98.2 cm³/mol. The van der Waals surface area contributed by atoms with E-state index in [1.807, 2.05) is 13.8 Å². The molecule has 0 bridgehead atoms. The highest BCUT2D eigenvalue weighted by molar-refractivity contribution is 5.95. The molecule has 2 heterocycles. The largest absolute Gasteiger partial charge is 0.488 e. The summed E-state index contributed by atoms with van der Waals surface area (Å²) < 4.78 is 19.5. The van der Waals surface area contributed by atoms with Crippen LogP contribution in [-0.2, 0) is 0 Å². The third-order valence-corrected chi connectivity index (χ3v) is 4.28. The van der Waals surface area contributed by atoms with E-state index in [0.29, 0.717) is 31.9 Å². The van der Waals surface area contributed by atoms with Gasteiger partial charge in [-0.2, -0.15) is 0 Å². The molecule has 0 N–H and O–H groups in total. The average Bonchev–Trinajstić information content (AvgIpc) is 2.69. The first-order valence-electron chi connectivity index (χ1n) is 8.91. The van der Waals surface area contributed by atoms with Crippen LogP contribution in [-0.4, -0.2) is 58.9 Å². The second-order valence-corrected chi connectivity index (χ2v) is 6.61. The standard InChI is InChI=1S/C20H22FN3O3/c1-14(2)27-18-7-6-15(13-16(18)21)19(25)23-9-11-24(12-10-23)20(26)17-5-3-4-8-22-17/h3-8,13-14H,9-12H2,1-2H3. The molecule has 1 aromatic heterocycles. The van der Waals surface area contributed by atoms with Gasteiger partial charge in [-0.05, 0) is 44.2 Å². The van der Waals surface area contributed by atoms with Crippen LogP contribution < -0.4 is 4.74 Å². The third kappa shape index (κ3) is 4.42. The number of rotatable bonds is 4. The summed E-state index contributed by atoms with van der Waals surface area (Å²) in [5.74, 6) is -0.829. The number of benzene rings is 1. The Bertz CT molecular complexity index is 818. The number of aromatic nitrogens is 1. The van der Waals surface area contributed by atoms with Crippen molar-refractivity contribution < 1.29 is 18.7 Å². The molecule has 27 heavy (non-hydrogen) atoms. The Kier molecular flexibility index (Phi) is 5.69. The van der Waals surface area contributed by atoms with Crippen molar-refractivity contribution in [1.29, 1.82) is 0 Å². The lowest BCUT2D eigenvalue weighted by atomic mass is 10.1. The van der Waals surface area contributed by atoms with Crippen molar-refractivity contribution in [3.63, 3.8) is 0 Å². The van der Waals surface area contributed by atoms with Gasteiger partial charge in [-0.25, -0.2) is 4.39 Å². The van der Waals surface area contributed by atoms with Gasteiger partial charge in [0, 0.05) is 37.9 Å². The van der Waals surface area contributed by atoms with Crippen LogP contribution in [0.2, 0.25) is 0 Å². The molecule has 2 aromatic rings. The van der Waals surface area contributed by atoms with E-state index in [-0.39, 0.29) is 29.2 Å². The van der Waals surface area contributed by atoms with Gasteiger partial charge in [0.2, 0.25) is 0 Å². The van der Waals surface area contributed by atoms with Gasteiger partial charge in [0.1, 0.15) is 5.69 Å². The maximum atomic E-state index is 14.1. The fraction of sp³-hybridized carbons (Fsp3) is 0.350. The van der Waals surface area contributed by atoms with Crippen LogP contribution in [0.5, 0.6) is 5.75 Å². The lowest BCUT2D eigenvalue weighted by molar-refractivity contribution is 0.0532. The number of ether oxygens (including phenoxy) is 1. The number of pyridine rings is 1. The molecule has 0 saturated carbocycles. The van der Waals surface area contributed by atoms with Crippen LogP contribution in [0.1, 0.15) is 34.7 Å². The molecular weight excluding hydrogens is 349 g/mol. The summed E-state index contributed by atoms with van der Waals surface area (Å²) in [4.78, 5) is 32.4. The van der Waals surface area contributed by atoms with Crippen molar-refractivity contribution in [3.05, 3.63) is 59.7 Å². The molecule has 1 fully saturated rings. The third-order valence-electron chi connectivity index (χ3n) is 4.28. The maximum absolute atomic E-state index is 14.1. The van der Waals surface area contributed by atoms with Crippen molar-refractivity contribution in [2.24, 2.45) is 0 Å². The zero-order chi connectivity index (χ0) is 19.4. The lowest BCUT2D eigenvalue weighted by Crippen LogP contribution is -2.50. The highest BCUT2D eigenvalue weighted by Gasteiger charge is 2.26. The molecular formula is C20H22FN3O3. The minimum absolute atomic E-state index is 0.132. The van der Waals surface area contributed by atoms with Crippen molar-refractivity contribution >= 4 is 11.8 Å². The highest BCUT2D eigenvalue weighted by atomic mass is 19.1. The Morgan fingerprint density at radius 2 is 1.70 bits per heavy atom. The molecule has 0 spiro atoms. The number of amides is 2. The molecule has 0 unspecified atom stereocenters. The number of piperazine rings is 1. The fourth-order valence-corrected chi connectivity index (χ4v) is 2.93. The maximum Gasteiger partial charge on any atom is 0.272 e. The van der Waals surface area contributed by atoms with Crippen LogP contribution >= 0.6 is 0 Å². The normalized spacial score (nSPS) is 14.4. The monoisotopic (exact) mass is 371 g/mol. The molecule has 1 aliphatic heterocycles. The molecule has 1 aromatic carbocycles. The summed E-state index contributed by atoms with van der Waals surface area (Å²) in [5, 5.41) is 0. The molecule has 0 atom stereocenters. The summed E-state index contributed by atoms with van der Waals surface area (Å²) in [6.07, 6.45) is 1.43. The van der Waals surface area contributed by atoms with Gasteiger partial charge in [-0.15, -0.1) is 0 Å². The summed E-state index contributed by atoms with van der Waals surface area (Å²) in [5.41, 5.74) is 0.660. The van der Waals surface area contributed by atoms with Crippen molar-refractivity contribution in [2.75, 3.05) is 26.2 Å². The summed E-state index contributed by atoms with van der Waals surface area (Å²) in [6, 6.07) is 9.43. The summed E-state index contributed by atoms with van der Waals surface area (Å²) >= 11 is 0. The zero-order valence-corrected chi connectivity index (χ0v) is 15.4. The van der Waals surface area contributed by atoms with E-state index in [4.69, 9.17) is 4.74 Å². The predicted octanol–water partition coefficient (Wildman–Crippen LogP) is 2.61. The van der Waals surface area contributed by atoms with Gasteiger partial charge in [-0.1, -0.05) is 6.07 Å². The van der Waals surface area contributed by atoms with Crippen LogP contribution in [0.15, 0.2) is 42.6 Å². The first-order valence-corrected chi connectivity index (χ1v) is 8.91. The number of halogens is 1.